The topological polar surface area (TPSA) is 58.9 Å². The van der Waals surface area contributed by atoms with Crippen LogP contribution in [0.3, 0.4) is 0 Å². The highest BCUT2D eigenvalue weighted by atomic mass is 19.4. The van der Waals surface area contributed by atoms with Crippen LogP contribution < -0.4 is 0 Å². The summed E-state index contributed by atoms with van der Waals surface area (Å²) in [6, 6.07) is 3.07. The van der Waals surface area contributed by atoms with Crippen molar-refractivity contribution in [3.05, 3.63) is 35.4 Å². The normalized spacial score (nSPS) is 22.8. The molecule has 7 heteroatoms. The molecule has 0 aliphatic carbocycles. The standard InChI is InChI=1S/C12H10F3NO3/c1-6-16-9(11(17)18)10(19-6)7-2-4-8(5-3-7)12(13,14)15/h2-5,9-10H,1H3,(H,17,18). The second-order valence-corrected chi connectivity index (χ2v) is 4.09. The van der Waals surface area contributed by atoms with E-state index in [1.165, 1.54) is 19.1 Å². The zero-order valence-corrected chi connectivity index (χ0v) is 9.81. The van der Waals surface area contributed by atoms with E-state index in [0.717, 1.165) is 12.1 Å². The molecule has 0 fully saturated rings. The Labute approximate surface area is 106 Å². The average Bonchev–Trinajstić information content (AvgIpc) is 2.70. The van der Waals surface area contributed by atoms with E-state index in [0.29, 0.717) is 5.56 Å². The summed E-state index contributed by atoms with van der Waals surface area (Å²) in [7, 11) is 0. The fourth-order valence-electron chi connectivity index (χ4n) is 1.84. The first kappa shape index (κ1) is 13.4. The third kappa shape index (κ3) is 2.69. The van der Waals surface area contributed by atoms with Gasteiger partial charge in [-0.15, -0.1) is 0 Å². The van der Waals surface area contributed by atoms with Crippen LogP contribution in [0.25, 0.3) is 0 Å². The van der Waals surface area contributed by atoms with Crippen molar-refractivity contribution >= 4 is 11.9 Å². The van der Waals surface area contributed by atoms with Gasteiger partial charge in [-0.05, 0) is 17.7 Å². The minimum absolute atomic E-state index is 0.206. The number of alkyl halides is 3. The molecule has 0 radical (unpaired) electrons. The predicted octanol–water partition coefficient (Wildman–Crippen LogP) is 2.65. The molecule has 2 atom stereocenters. The van der Waals surface area contributed by atoms with Crippen molar-refractivity contribution < 1.29 is 27.8 Å². The number of aliphatic imine (C=N–C) groups is 1. The highest BCUT2D eigenvalue weighted by Gasteiger charge is 2.37. The number of hydrogen-bond donors (Lipinski definition) is 1. The molecular weight excluding hydrogens is 263 g/mol. The van der Waals surface area contributed by atoms with Crippen molar-refractivity contribution in [1.82, 2.24) is 0 Å². The maximum atomic E-state index is 12.4. The molecule has 0 bridgehead atoms. The molecule has 1 N–H and O–H groups in total. The number of nitrogens with zero attached hydrogens (tertiary/aromatic N) is 1. The van der Waals surface area contributed by atoms with Crippen molar-refractivity contribution in [2.45, 2.75) is 25.2 Å². The molecule has 1 aromatic carbocycles. The Balaban J connectivity index is 2.26. The van der Waals surface area contributed by atoms with Gasteiger partial charge in [0.2, 0.25) is 0 Å². The van der Waals surface area contributed by atoms with Gasteiger partial charge >= 0.3 is 12.1 Å². The molecule has 1 aliphatic heterocycles. The first-order chi connectivity index (χ1) is 8.79. The molecule has 1 heterocycles. The van der Waals surface area contributed by atoms with Gasteiger partial charge in [-0.3, -0.25) is 0 Å². The van der Waals surface area contributed by atoms with Crippen LogP contribution in [0.15, 0.2) is 29.3 Å². The van der Waals surface area contributed by atoms with Gasteiger partial charge in [0, 0.05) is 6.92 Å². The molecule has 2 rings (SSSR count). The smallest absolute Gasteiger partial charge is 0.416 e. The number of ether oxygens (including phenoxy) is 1. The first-order valence-corrected chi connectivity index (χ1v) is 5.40. The van der Waals surface area contributed by atoms with Crippen molar-refractivity contribution in [3.8, 4) is 0 Å². The van der Waals surface area contributed by atoms with Crippen LogP contribution in [0.4, 0.5) is 13.2 Å². The van der Waals surface area contributed by atoms with E-state index in [4.69, 9.17) is 9.84 Å². The van der Waals surface area contributed by atoms with Gasteiger partial charge in [0.1, 0.15) is 0 Å². The molecular formula is C12H10F3NO3. The Hall–Kier alpha value is -2.05. The van der Waals surface area contributed by atoms with Crippen LogP contribution in [0, 0.1) is 0 Å². The van der Waals surface area contributed by atoms with Gasteiger partial charge in [-0.25, -0.2) is 9.79 Å². The minimum Gasteiger partial charge on any atom is -0.480 e. The van der Waals surface area contributed by atoms with Crippen molar-refractivity contribution in [1.29, 1.82) is 0 Å². The Bertz CT molecular complexity index is 522. The number of aliphatic carboxylic acids is 1. The number of halogens is 3. The van der Waals surface area contributed by atoms with E-state index in [1.807, 2.05) is 0 Å². The van der Waals surface area contributed by atoms with Crippen LogP contribution in [0.2, 0.25) is 0 Å². The summed E-state index contributed by atoms with van der Waals surface area (Å²) < 4.78 is 42.5. The number of benzene rings is 1. The predicted molar refractivity (Wildman–Crippen MR) is 59.8 cm³/mol. The lowest BCUT2D eigenvalue weighted by Gasteiger charge is -2.15. The number of carboxylic acid groups (broad SMARTS) is 1. The quantitative estimate of drug-likeness (QED) is 0.901. The van der Waals surface area contributed by atoms with Crippen molar-refractivity contribution in [2.75, 3.05) is 0 Å². The molecule has 19 heavy (non-hydrogen) atoms. The molecule has 1 aliphatic rings. The largest absolute Gasteiger partial charge is 0.480 e. The van der Waals surface area contributed by atoms with E-state index in [-0.39, 0.29) is 5.90 Å². The monoisotopic (exact) mass is 273 g/mol. The number of carbonyl (C=O) groups is 1. The van der Waals surface area contributed by atoms with Crippen molar-refractivity contribution in [3.63, 3.8) is 0 Å². The summed E-state index contributed by atoms with van der Waals surface area (Å²) >= 11 is 0. The number of hydrogen-bond acceptors (Lipinski definition) is 3. The first-order valence-electron chi connectivity index (χ1n) is 5.40. The molecule has 0 saturated heterocycles. The lowest BCUT2D eigenvalue weighted by Crippen LogP contribution is -2.23. The SMILES string of the molecule is CC1=NC(C(=O)O)C(c2ccc(C(F)(F)F)cc2)O1. The van der Waals surface area contributed by atoms with Gasteiger partial charge in [-0.2, -0.15) is 13.2 Å². The molecule has 4 nitrogen and oxygen atoms in total. The van der Waals surface area contributed by atoms with Gasteiger partial charge < -0.3 is 9.84 Å². The van der Waals surface area contributed by atoms with E-state index in [2.05, 4.69) is 4.99 Å². The van der Waals surface area contributed by atoms with Crippen LogP contribution in [0.1, 0.15) is 24.2 Å². The zero-order valence-electron chi connectivity index (χ0n) is 9.81. The molecule has 0 spiro atoms. The van der Waals surface area contributed by atoms with Crippen LogP contribution in [0.5, 0.6) is 0 Å². The Morgan fingerprint density at radius 3 is 2.37 bits per heavy atom. The van der Waals surface area contributed by atoms with Gasteiger partial charge in [0.25, 0.3) is 0 Å². The van der Waals surface area contributed by atoms with E-state index < -0.39 is 29.9 Å². The van der Waals surface area contributed by atoms with Crippen LogP contribution in [-0.4, -0.2) is 23.0 Å². The number of carboxylic acids is 1. The van der Waals surface area contributed by atoms with E-state index in [9.17, 15) is 18.0 Å². The van der Waals surface area contributed by atoms with Gasteiger partial charge in [-0.1, -0.05) is 12.1 Å². The summed E-state index contributed by atoms with van der Waals surface area (Å²) in [4.78, 5) is 14.8. The summed E-state index contributed by atoms with van der Waals surface area (Å²) in [5.74, 6) is -0.973. The zero-order chi connectivity index (χ0) is 14.2. The Kier molecular flexibility index (Phi) is 3.21. The Morgan fingerprint density at radius 2 is 1.89 bits per heavy atom. The van der Waals surface area contributed by atoms with Gasteiger partial charge in [0.05, 0.1) is 5.56 Å². The van der Waals surface area contributed by atoms with Crippen LogP contribution in [-0.2, 0) is 15.7 Å². The summed E-state index contributed by atoms with van der Waals surface area (Å²) in [5, 5.41) is 8.98. The summed E-state index contributed by atoms with van der Waals surface area (Å²) in [5.41, 5.74) is -0.445. The Morgan fingerprint density at radius 1 is 1.32 bits per heavy atom. The third-order valence-electron chi connectivity index (χ3n) is 2.72. The maximum Gasteiger partial charge on any atom is 0.416 e. The summed E-state index contributed by atoms with van der Waals surface area (Å²) in [6.07, 6.45) is -5.31. The van der Waals surface area contributed by atoms with Gasteiger partial charge in [0.15, 0.2) is 18.0 Å². The van der Waals surface area contributed by atoms with E-state index in [1.54, 1.807) is 0 Å². The highest BCUT2D eigenvalue weighted by Crippen LogP contribution is 2.33. The average molecular weight is 273 g/mol. The van der Waals surface area contributed by atoms with Crippen LogP contribution >= 0.6 is 0 Å². The molecule has 102 valence electrons. The number of rotatable bonds is 2. The molecule has 2 unspecified atom stereocenters. The fourth-order valence-corrected chi connectivity index (χ4v) is 1.84. The minimum atomic E-state index is -4.42. The maximum absolute atomic E-state index is 12.4. The molecule has 0 aromatic heterocycles. The second-order valence-electron chi connectivity index (χ2n) is 4.09. The molecule has 1 aromatic rings. The van der Waals surface area contributed by atoms with E-state index >= 15 is 0 Å². The lowest BCUT2D eigenvalue weighted by molar-refractivity contribution is -0.140. The lowest BCUT2D eigenvalue weighted by atomic mass is 10.0. The second kappa shape index (κ2) is 4.56. The van der Waals surface area contributed by atoms with Crippen molar-refractivity contribution in [2.24, 2.45) is 4.99 Å². The molecule has 0 saturated carbocycles. The molecule has 0 amide bonds. The summed E-state index contributed by atoms with van der Waals surface area (Å²) in [6.45, 7) is 1.50. The third-order valence-corrected chi connectivity index (χ3v) is 2.72. The fraction of sp³-hybridized carbons (Fsp3) is 0.333. The highest BCUT2D eigenvalue weighted by molar-refractivity contribution is 5.84.